The maximum absolute atomic E-state index is 11.1. The maximum atomic E-state index is 11.1. The lowest BCUT2D eigenvalue weighted by molar-refractivity contribution is -0.383. The zero-order valence-electron chi connectivity index (χ0n) is 11.9. The summed E-state index contributed by atoms with van der Waals surface area (Å²) in [4.78, 5) is 20.7. The van der Waals surface area contributed by atoms with Gasteiger partial charge in [0.15, 0.2) is 0 Å². The number of aliphatic hydroxyl groups is 1. The van der Waals surface area contributed by atoms with Crippen molar-refractivity contribution in [3.8, 4) is 0 Å². The molecule has 1 aromatic heterocycles. The van der Waals surface area contributed by atoms with Gasteiger partial charge in [0.1, 0.15) is 0 Å². The first-order valence-corrected chi connectivity index (χ1v) is 6.94. The van der Waals surface area contributed by atoms with Crippen molar-refractivity contribution in [3.63, 3.8) is 0 Å². The normalized spacial score (nSPS) is 18.6. The third kappa shape index (κ3) is 3.48. The van der Waals surface area contributed by atoms with Crippen LogP contribution in [0.1, 0.15) is 19.8 Å². The smallest absolute Gasteiger partial charge is 0.353 e. The molecule has 1 saturated heterocycles. The molecule has 9 heteroatoms. The Morgan fingerprint density at radius 2 is 2.33 bits per heavy atom. The Labute approximate surface area is 122 Å². The summed E-state index contributed by atoms with van der Waals surface area (Å²) < 4.78 is 0. The predicted octanol–water partition coefficient (Wildman–Crippen LogP) is 0.607. The van der Waals surface area contributed by atoms with Crippen LogP contribution in [0.4, 0.5) is 23.3 Å². The fourth-order valence-electron chi connectivity index (χ4n) is 2.45. The molecule has 4 N–H and O–H groups in total. The van der Waals surface area contributed by atoms with Crippen LogP contribution in [-0.4, -0.2) is 46.2 Å². The summed E-state index contributed by atoms with van der Waals surface area (Å²) in [5, 5.41) is 22.7. The third-order valence-electron chi connectivity index (χ3n) is 3.43. The van der Waals surface area contributed by atoms with Gasteiger partial charge in [0.05, 0.1) is 11.5 Å². The second-order valence-electron chi connectivity index (χ2n) is 5.21. The van der Waals surface area contributed by atoms with Gasteiger partial charge in [-0.1, -0.05) is 6.92 Å². The SMILES string of the molecule is C[C@H]1CCCN(c2nc(N)c([N+](=O)[O-])c(NCCO)n2)C1. The number of aromatic nitrogens is 2. The molecule has 1 aliphatic heterocycles. The Balaban J connectivity index is 2.34. The van der Waals surface area contributed by atoms with E-state index in [2.05, 4.69) is 22.2 Å². The molecule has 1 aromatic rings. The molecule has 1 aliphatic rings. The van der Waals surface area contributed by atoms with Crippen LogP contribution in [0, 0.1) is 16.0 Å². The van der Waals surface area contributed by atoms with E-state index in [4.69, 9.17) is 10.8 Å². The lowest BCUT2D eigenvalue weighted by atomic mass is 10.0. The van der Waals surface area contributed by atoms with Gasteiger partial charge in [-0.25, -0.2) is 0 Å². The molecule has 0 aliphatic carbocycles. The average molecular weight is 296 g/mol. The number of nitrogen functional groups attached to an aromatic ring is 1. The largest absolute Gasteiger partial charge is 0.395 e. The summed E-state index contributed by atoms with van der Waals surface area (Å²) in [7, 11) is 0. The molecule has 116 valence electrons. The van der Waals surface area contributed by atoms with Crippen LogP contribution in [0.25, 0.3) is 0 Å². The summed E-state index contributed by atoms with van der Waals surface area (Å²) in [6.07, 6.45) is 2.18. The van der Waals surface area contributed by atoms with Crippen LogP contribution in [0.3, 0.4) is 0 Å². The molecule has 0 bridgehead atoms. The summed E-state index contributed by atoms with van der Waals surface area (Å²) in [6.45, 7) is 3.76. The quantitative estimate of drug-likeness (QED) is 0.532. The van der Waals surface area contributed by atoms with Gasteiger partial charge in [-0.15, -0.1) is 0 Å². The summed E-state index contributed by atoms with van der Waals surface area (Å²) in [5.74, 6) is 0.802. The summed E-state index contributed by atoms with van der Waals surface area (Å²) >= 11 is 0. The molecule has 0 saturated carbocycles. The van der Waals surface area contributed by atoms with Crippen LogP contribution >= 0.6 is 0 Å². The predicted molar refractivity (Wildman–Crippen MR) is 79.3 cm³/mol. The first-order valence-electron chi connectivity index (χ1n) is 6.94. The van der Waals surface area contributed by atoms with Crippen molar-refractivity contribution < 1.29 is 10.0 Å². The van der Waals surface area contributed by atoms with E-state index < -0.39 is 4.92 Å². The van der Waals surface area contributed by atoms with E-state index in [0.29, 0.717) is 11.9 Å². The minimum Gasteiger partial charge on any atom is -0.395 e. The van der Waals surface area contributed by atoms with Gasteiger partial charge in [0, 0.05) is 19.6 Å². The zero-order valence-corrected chi connectivity index (χ0v) is 11.9. The highest BCUT2D eigenvalue weighted by Gasteiger charge is 2.26. The topological polar surface area (TPSA) is 130 Å². The van der Waals surface area contributed by atoms with E-state index in [-0.39, 0.29) is 30.5 Å². The second-order valence-corrected chi connectivity index (χ2v) is 5.21. The monoisotopic (exact) mass is 296 g/mol. The van der Waals surface area contributed by atoms with Crippen LogP contribution in [0.2, 0.25) is 0 Å². The van der Waals surface area contributed by atoms with Crippen molar-refractivity contribution in [3.05, 3.63) is 10.1 Å². The molecule has 21 heavy (non-hydrogen) atoms. The molecule has 2 rings (SSSR count). The summed E-state index contributed by atoms with van der Waals surface area (Å²) in [5.41, 5.74) is 5.36. The molecule has 2 heterocycles. The van der Waals surface area contributed by atoms with Gasteiger partial charge < -0.3 is 21.1 Å². The Morgan fingerprint density at radius 3 is 2.95 bits per heavy atom. The van der Waals surface area contributed by atoms with Gasteiger partial charge in [-0.05, 0) is 18.8 Å². The molecule has 0 amide bonds. The van der Waals surface area contributed by atoms with Crippen LogP contribution < -0.4 is 16.0 Å². The molecular formula is C12H20N6O3. The fraction of sp³-hybridized carbons (Fsp3) is 0.667. The van der Waals surface area contributed by atoms with E-state index in [1.54, 1.807) is 0 Å². The van der Waals surface area contributed by atoms with Crippen molar-refractivity contribution in [2.45, 2.75) is 19.8 Å². The second kappa shape index (κ2) is 6.53. The average Bonchev–Trinajstić information content (AvgIpc) is 2.44. The van der Waals surface area contributed by atoms with E-state index in [9.17, 15) is 10.1 Å². The number of piperidine rings is 1. The first-order chi connectivity index (χ1) is 10.0. The standard InChI is InChI=1S/C12H20N6O3/c1-8-3-2-5-17(7-8)12-15-10(13)9(18(20)21)11(16-12)14-4-6-19/h8,19H,2-7H2,1H3,(H3,13,14,15,16)/t8-/m0/s1. The highest BCUT2D eigenvalue weighted by molar-refractivity contribution is 5.70. The number of aliphatic hydroxyl groups excluding tert-OH is 1. The molecule has 9 nitrogen and oxygen atoms in total. The van der Waals surface area contributed by atoms with Gasteiger partial charge in [-0.3, -0.25) is 10.1 Å². The maximum Gasteiger partial charge on any atom is 0.353 e. The van der Waals surface area contributed by atoms with Gasteiger partial charge in [-0.2, -0.15) is 9.97 Å². The number of hydrogen-bond acceptors (Lipinski definition) is 8. The number of nitro groups is 1. The number of nitrogens with two attached hydrogens (primary N) is 1. The molecule has 1 fully saturated rings. The third-order valence-corrected chi connectivity index (χ3v) is 3.43. The fourth-order valence-corrected chi connectivity index (χ4v) is 2.45. The lowest BCUT2D eigenvalue weighted by Gasteiger charge is -2.31. The Bertz CT molecular complexity index is 524. The molecule has 0 radical (unpaired) electrons. The Morgan fingerprint density at radius 1 is 1.57 bits per heavy atom. The van der Waals surface area contributed by atoms with Crippen molar-refractivity contribution in [1.82, 2.24) is 9.97 Å². The molecule has 0 unspecified atom stereocenters. The highest BCUT2D eigenvalue weighted by Crippen LogP contribution is 2.31. The molecule has 0 aromatic carbocycles. The lowest BCUT2D eigenvalue weighted by Crippen LogP contribution is -2.35. The number of nitrogens with zero attached hydrogens (tertiary/aromatic N) is 4. The van der Waals surface area contributed by atoms with Crippen LogP contribution in [0.5, 0.6) is 0 Å². The van der Waals surface area contributed by atoms with Crippen LogP contribution in [-0.2, 0) is 0 Å². The van der Waals surface area contributed by atoms with E-state index in [0.717, 1.165) is 25.9 Å². The van der Waals surface area contributed by atoms with Gasteiger partial charge in [0.25, 0.3) is 0 Å². The van der Waals surface area contributed by atoms with Crippen molar-refractivity contribution >= 4 is 23.3 Å². The minimum atomic E-state index is -0.613. The van der Waals surface area contributed by atoms with Crippen molar-refractivity contribution in [2.24, 2.45) is 5.92 Å². The molecular weight excluding hydrogens is 276 g/mol. The minimum absolute atomic E-state index is 0.0507. The van der Waals surface area contributed by atoms with Gasteiger partial charge in [0.2, 0.25) is 17.6 Å². The number of nitrogens with one attached hydrogen (secondary N) is 1. The van der Waals surface area contributed by atoms with Crippen molar-refractivity contribution in [1.29, 1.82) is 0 Å². The Kier molecular flexibility index (Phi) is 4.73. The van der Waals surface area contributed by atoms with E-state index in [1.807, 2.05) is 4.90 Å². The molecule has 1 atom stereocenters. The van der Waals surface area contributed by atoms with Gasteiger partial charge >= 0.3 is 5.69 Å². The summed E-state index contributed by atoms with van der Waals surface area (Å²) in [6, 6.07) is 0. The van der Waals surface area contributed by atoms with Crippen molar-refractivity contribution in [2.75, 3.05) is 42.2 Å². The zero-order chi connectivity index (χ0) is 15.4. The van der Waals surface area contributed by atoms with E-state index >= 15 is 0 Å². The van der Waals surface area contributed by atoms with Crippen LogP contribution in [0.15, 0.2) is 0 Å². The number of hydrogen-bond donors (Lipinski definition) is 3. The highest BCUT2D eigenvalue weighted by atomic mass is 16.6. The number of anilines is 3. The Hall–Kier alpha value is -2.16. The van der Waals surface area contributed by atoms with E-state index in [1.165, 1.54) is 0 Å². The molecule has 0 spiro atoms. The number of rotatable bonds is 5. The first kappa shape index (κ1) is 15.2.